The number of halogens is 1. The van der Waals surface area contributed by atoms with Crippen molar-refractivity contribution in [3.05, 3.63) is 29.1 Å². The molecule has 118 valence electrons. The average molecular weight is 316 g/mol. The van der Waals surface area contributed by atoms with E-state index in [1.165, 1.54) is 31.9 Å². The molecule has 0 saturated heterocycles. The zero-order valence-electron chi connectivity index (χ0n) is 12.1. The van der Waals surface area contributed by atoms with Crippen LogP contribution in [0, 0.1) is 18.7 Å². The lowest BCUT2D eigenvalue weighted by Gasteiger charge is -2.10. The van der Waals surface area contributed by atoms with Gasteiger partial charge in [0.25, 0.3) is 0 Å². The van der Waals surface area contributed by atoms with Gasteiger partial charge in [-0.15, -0.1) is 0 Å². The van der Waals surface area contributed by atoms with Crippen molar-refractivity contribution in [3.8, 4) is 0 Å². The second-order valence-electron chi connectivity index (χ2n) is 5.33. The van der Waals surface area contributed by atoms with E-state index in [2.05, 4.69) is 4.72 Å². The zero-order chi connectivity index (χ0) is 15.5. The quantitative estimate of drug-likeness (QED) is 0.708. The van der Waals surface area contributed by atoms with E-state index in [1.54, 1.807) is 0 Å². The summed E-state index contributed by atoms with van der Waals surface area (Å²) in [7, 11) is -3.67. The first kappa shape index (κ1) is 16.4. The highest BCUT2D eigenvalue weighted by Gasteiger charge is 2.21. The fourth-order valence-corrected chi connectivity index (χ4v) is 3.12. The number of nitrogens with two attached hydrogens (primary N) is 1. The summed E-state index contributed by atoms with van der Waals surface area (Å²) < 4.78 is 45.8. The highest BCUT2D eigenvalue weighted by Crippen LogP contribution is 2.28. The fraction of sp³-hybridized carbons (Fsp3) is 0.571. The molecule has 2 rings (SSSR count). The Hall–Kier alpha value is -1.02. The van der Waals surface area contributed by atoms with Crippen LogP contribution in [0.15, 0.2) is 17.0 Å². The molecule has 0 atom stereocenters. The van der Waals surface area contributed by atoms with Crippen LogP contribution >= 0.6 is 0 Å². The molecule has 0 unspecified atom stereocenters. The largest absolute Gasteiger partial charge is 0.380 e. The monoisotopic (exact) mass is 316 g/mol. The van der Waals surface area contributed by atoms with Crippen LogP contribution in [0.4, 0.5) is 4.39 Å². The molecule has 1 fully saturated rings. The maximum atomic E-state index is 13.7. The Kier molecular flexibility index (Phi) is 5.32. The molecule has 0 bridgehead atoms. The Morgan fingerprint density at radius 1 is 1.43 bits per heavy atom. The normalized spacial score (nSPS) is 15.4. The number of hydrogen-bond donors (Lipinski definition) is 2. The smallest absolute Gasteiger partial charge is 0.240 e. The Morgan fingerprint density at radius 2 is 2.14 bits per heavy atom. The van der Waals surface area contributed by atoms with Crippen LogP contribution in [0.1, 0.15) is 24.0 Å². The molecule has 21 heavy (non-hydrogen) atoms. The predicted molar refractivity (Wildman–Crippen MR) is 77.8 cm³/mol. The molecule has 0 aromatic heterocycles. The standard InChI is InChI=1S/C14H21FN2O3S/c1-10-6-13(7-12(8-16)14(10)15)21(18,19)17-4-5-20-9-11-2-3-11/h6-7,11,17H,2-5,8-9,16H2,1H3. The van der Waals surface area contributed by atoms with Gasteiger partial charge in [-0.25, -0.2) is 17.5 Å². The maximum Gasteiger partial charge on any atom is 0.240 e. The van der Waals surface area contributed by atoms with E-state index >= 15 is 0 Å². The topological polar surface area (TPSA) is 81.4 Å². The minimum atomic E-state index is -3.67. The summed E-state index contributed by atoms with van der Waals surface area (Å²) in [6.07, 6.45) is 2.39. The lowest BCUT2D eigenvalue weighted by atomic mass is 10.1. The third-order valence-electron chi connectivity index (χ3n) is 3.42. The van der Waals surface area contributed by atoms with E-state index < -0.39 is 15.8 Å². The number of benzene rings is 1. The summed E-state index contributed by atoms with van der Waals surface area (Å²) >= 11 is 0. The zero-order valence-corrected chi connectivity index (χ0v) is 12.9. The first-order valence-electron chi connectivity index (χ1n) is 7.00. The molecule has 0 radical (unpaired) electrons. The number of aryl methyl sites for hydroxylation is 1. The predicted octanol–water partition coefficient (Wildman–Crippen LogP) is 1.30. The van der Waals surface area contributed by atoms with Gasteiger partial charge < -0.3 is 10.5 Å². The highest BCUT2D eigenvalue weighted by molar-refractivity contribution is 7.89. The molecule has 1 saturated carbocycles. The molecular weight excluding hydrogens is 295 g/mol. The minimum Gasteiger partial charge on any atom is -0.380 e. The molecule has 1 aromatic carbocycles. The van der Waals surface area contributed by atoms with E-state index in [0.29, 0.717) is 19.1 Å². The van der Waals surface area contributed by atoms with Crippen molar-refractivity contribution in [3.63, 3.8) is 0 Å². The SMILES string of the molecule is Cc1cc(S(=O)(=O)NCCOCC2CC2)cc(CN)c1F. The fourth-order valence-electron chi connectivity index (χ4n) is 1.98. The Bertz CT molecular complexity index is 600. The molecule has 0 amide bonds. The number of ether oxygens (including phenoxy) is 1. The van der Waals surface area contributed by atoms with Gasteiger partial charge in [0.2, 0.25) is 10.0 Å². The number of hydrogen-bond acceptors (Lipinski definition) is 4. The van der Waals surface area contributed by atoms with Gasteiger partial charge in [-0.05, 0) is 43.4 Å². The van der Waals surface area contributed by atoms with E-state index in [4.69, 9.17) is 10.5 Å². The van der Waals surface area contributed by atoms with Crippen LogP contribution in [0.2, 0.25) is 0 Å². The number of nitrogens with one attached hydrogen (secondary N) is 1. The van der Waals surface area contributed by atoms with Gasteiger partial charge in [-0.2, -0.15) is 0 Å². The van der Waals surface area contributed by atoms with Crippen molar-refractivity contribution >= 4 is 10.0 Å². The summed E-state index contributed by atoms with van der Waals surface area (Å²) in [6.45, 7) is 2.70. The molecule has 1 aliphatic rings. The molecular formula is C14H21FN2O3S. The van der Waals surface area contributed by atoms with Gasteiger partial charge in [0, 0.05) is 25.3 Å². The third-order valence-corrected chi connectivity index (χ3v) is 4.86. The number of sulfonamides is 1. The van der Waals surface area contributed by atoms with Crippen LogP contribution in [0.3, 0.4) is 0 Å². The van der Waals surface area contributed by atoms with Crippen molar-refractivity contribution < 1.29 is 17.5 Å². The molecule has 0 heterocycles. The summed E-state index contributed by atoms with van der Waals surface area (Å²) in [5.41, 5.74) is 5.89. The molecule has 3 N–H and O–H groups in total. The van der Waals surface area contributed by atoms with Gasteiger partial charge >= 0.3 is 0 Å². The summed E-state index contributed by atoms with van der Waals surface area (Å²) in [6, 6.07) is 2.58. The van der Waals surface area contributed by atoms with Crippen molar-refractivity contribution in [2.24, 2.45) is 11.7 Å². The van der Waals surface area contributed by atoms with Crippen LogP contribution in [-0.2, 0) is 21.3 Å². The molecule has 5 nitrogen and oxygen atoms in total. The van der Waals surface area contributed by atoms with E-state index in [0.717, 1.165) is 0 Å². The van der Waals surface area contributed by atoms with E-state index in [1.807, 2.05) is 0 Å². The van der Waals surface area contributed by atoms with Crippen LogP contribution < -0.4 is 10.5 Å². The van der Waals surface area contributed by atoms with Crippen molar-refractivity contribution in [2.75, 3.05) is 19.8 Å². The Labute approximate surface area is 124 Å². The lowest BCUT2D eigenvalue weighted by molar-refractivity contribution is 0.129. The van der Waals surface area contributed by atoms with E-state index in [-0.39, 0.29) is 29.1 Å². The summed E-state index contributed by atoms with van der Waals surface area (Å²) in [5.74, 6) is 0.192. The van der Waals surface area contributed by atoms with Gasteiger partial charge in [0.15, 0.2) is 0 Å². The molecule has 0 aliphatic heterocycles. The van der Waals surface area contributed by atoms with E-state index in [9.17, 15) is 12.8 Å². The van der Waals surface area contributed by atoms with Gasteiger partial charge in [-0.3, -0.25) is 0 Å². The van der Waals surface area contributed by atoms with Crippen LogP contribution in [0.5, 0.6) is 0 Å². The van der Waals surface area contributed by atoms with Gasteiger partial charge in [0.1, 0.15) is 5.82 Å². The van der Waals surface area contributed by atoms with Crippen molar-refractivity contribution in [1.82, 2.24) is 4.72 Å². The molecule has 1 aliphatic carbocycles. The van der Waals surface area contributed by atoms with Crippen molar-refractivity contribution in [2.45, 2.75) is 31.2 Å². The van der Waals surface area contributed by atoms with Gasteiger partial charge in [-0.1, -0.05) is 0 Å². The Balaban J connectivity index is 1.96. The van der Waals surface area contributed by atoms with Crippen LogP contribution in [0.25, 0.3) is 0 Å². The minimum absolute atomic E-state index is 0.0315. The summed E-state index contributed by atoms with van der Waals surface area (Å²) in [4.78, 5) is 0.0315. The molecule has 7 heteroatoms. The lowest BCUT2D eigenvalue weighted by Crippen LogP contribution is -2.28. The maximum absolute atomic E-state index is 13.7. The molecule has 0 spiro atoms. The summed E-state index contributed by atoms with van der Waals surface area (Å²) in [5, 5.41) is 0. The Morgan fingerprint density at radius 3 is 2.76 bits per heavy atom. The molecule has 1 aromatic rings. The first-order valence-corrected chi connectivity index (χ1v) is 8.49. The van der Waals surface area contributed by atoms with Gasteiger partial charge in [0.05, 0.1) is 11.5 Å². The van der Waals surface area contributed by atoms with Crippen molar-refractivity contribution in [1.29, 1.82) is 0 Å². The highest BCUT2D eigenvalue weighted by atomic mass is 32.2. The average Bonchev–Trinajstić information content (AvgIpc) is 3.25. The van der Waals surface area contributed by atoms with Crippen LogP contribution in [-0.4, -0.2) is 28.2 Å². The third kappa shape index (κ3) is 4.47. The second kappa shape index (κ2) is 6.83. The number of rotatable bonds is 8. The second-order valence-corrected chi connectivity index (χ2v) is 7.10. The first-order chi connectivity index (χ1) is 9.94.